The summed E-state index contributed by atoms with van der Waals surface area (Å²) in [5.74, 6) is -0.358. The van der Waals surface area contributed by atoms with E-state index >= 15 is 0 Å². The number of hydrogen-bond donors (Lipinski definition) is 2. The van der Waals surface area contributed by atoms with Crippen LogP contribution in [0.4, 0.5) is 0 Å². The normalized spacial score (nSPS) is 10.4. The van der Waals surface area contributed by atoms with Crippen molar-refractivity contribution in [2.75, 3.05) is 0 Å². The van der Waals surface area contributed by atoms with Crippen LogP contribution in [0.2, 0.25) is 0 Å². The molecule has 0 aliphatic heterocycles. The van der Waals surface area contributed by atoms with Crippen molar-refractivity contribution in [1.29, 1.82) is 5.26 Å². The van der Waals surface area contributed by atoms with Crippen molar-refractivity contribution in [3.63, 3.8) is 0 Å². The third kappa shape index (κ3) is 2.32. The summed E-state index contributed by atoms with van der Waals surface area (Å²) in [6.07, 6.45) is 1.49. The Kier molecular flexibility index (Phi) is 3.36. The molecule has 112 valence electrons. The van der Waals surface area contributed by atoms with Crippen molar-refractivity contribution in [3.8, 4) is 28.7 Å². The van der Waals surface area contributed by atoms with Gasteiger partial charge in [-0.2, -0.15) is 5.26 Å². The number of nitriles is 1. The van der Waals surface area contributed by atoms with Crippen LogP contribution in [0.15, 0.2) is 52.2 Å². The molecule has 0 bridgehead atoms. The molecule has 2 aromatic carbocycles. The van der Waals surface area contributed by atoms with Crippen LogP contribution >= 0.6 is 0 Å². The molecule has 0 atom stereocenters. The summed E-state index contributed by atoms with van der Waals surface area (Å²) >= 11 is 0. The molecule has 0 spiro atoms. The van der Waals surface area contributed by atoms with E-state index in [-0.39, 0.29) is 28.2 Å². The largest absolute Gasteiger partial charge is 0.508 e. The Morgan fingerprint density at radius 3 is 2.61 bits per heavy atom. The van der Waals surface area contributed by atoms with Gasteiger partial charge in [-0.25, -0.2) is 4.79 Å². The molecule has 0 aliphatic rings. The average molecular weight is 305 g/mol. The predicted molar refractivity (Wildman–Crippen MR) is 86.1 cm³/mol. The van der Waals surface area contributed by atoms with Crippen LogP contribution in [0.5, 0.6) is 11.5 Å². The molecule has 3 rings (SSSR count). The van der Waals surface area contributed by atoms with Crippen molar-refractivity contribution >= 4 is 17.0 Å². The topological polar surface area (TPSA) is 94.5 Å². The lowest BCUT2D eigenvalue weighted by atomic mass is 9.97. The monoisotopic (exact) mass is 305 g/mol. The minimum Gasteiger partial charge on any atom is -0.508 e. The minimum absolute atomic E-state index is 0.116. The maximum absolute atomic E-state index is 12.4. The van der Waals surface area contributed by atoms with E-state index in [1.807, 2.05) is 6.07 Å². The Labute approximate surface area is 131 Å². The Balaban J connectivity index is 2.42. The fraction of sp³-hybridized carbons (Fsp3) is 0. The third-order valence-corrected chi connectivity index (χ3v) is 3.53. The lowest BCUT2D eigenvalue weighted by Crippen LogP contribution is -2.06. The van der Waals surface area contributed by atoms with Gasteiger partial charge in [-0.3, -0.25) is 0 Å². The summed E-state index contributed by atoms with van der Waals surface area (Å²) < 4.78 is 5.29. The van der Waals surface area contributed by atoms with Gasteiger partial charge in [0, 0.05) is 22.6 Å². The SMILES string of the molecule is C=Cc1c(-c2ccc(O)cc2O)c(=O)oc2cc(C#N)ccc12. The molecule has 0 unspecified atom stereocenters. The lowest BCUT2D eigenvalue weighted by Gasteiger charge is -2.10. The first kappa shape index (κ1) is 14.4. The van der Waals surface area contributed by atoms with Crippen LogP contribution in [-0.4, -0.2) is 10.2 Å². The number of rotatable bonds is 2. The Hall–Kier alpha value is -3.52. The zero-order valence-electron chi connectivity index (χ0n) is 11.9. The summed E-state index contributed by atoms with van der Waals surface area (Å²) in [5, 5.41) is 29.0. The Morgan fingerprint density at radius 1 is 1.17 bits per heavy atom. The fourth-order valence-corrected chi connectivity index (χ4v) is 2.49. The van der Waals surface area contributed by atoms with Crippen LogP contribution in [-0.2, 0) is 0 Å². The molecular weight excluding hydrogens is 294 g/mol. The average Bonchev–Trinajstić information content (AvgIpc) is 2.53. The van der Waals surface area contributed by atoms with E-state index in [9.17, 15) is 15.0 Å². The number of benzene rings is 2. The maximum Gasteiger partial charge on any atom is 0.344 e. The summed E-state index contributed by atoms with van der Waals surface area (Å²) in [4.78, 5) is 12.4. The molecule has 3 aromatic rings. The highest BCUT2D eigenvalue weighted by molar-refractivity contribution is 5.94. The molecule has 2 N–H and O–H groups in total. The summed E-state index contributed by atoms with van der Waals surface area (Å²) in [6.45, 7) is 3.72. The number of hydrogen-bond acceptors (Lipinski definition) is 5. The second kappa shape index (κ2) is 5.35. The van der Waals surface area contributed by atoms with Crippen LogP contribution in [0, 0.1) is 11.3 Å². The van der Waals surface area contributed by atoms with Crippen LogP contribution < -0.4 is 5.63 Å². The third-order valence-electron chi connectivity index (χ3n) is 3.53. The Morgan fingerprint density at radius 2 is 1.96 bits per heavy atom. The molecule has 23 heavy (non-hydrogen) atoms. The van der Waals surface area contributed by atoms with Crippen molar-refractivity contribution in [2.45, 2.75) is 0 Å². The standard InChI is InChI=1S/C18H11NO4/c1-2-12-13-5-3-10(9-19)7-16(13)23-18(22)17(12)14-6-4-11(20)8-15(14)21/h2-8,20-21H,1H2. The van der Waals surface area contributed by atoms with Gasteiger partial charge in [0.05, 0.1) is 17.2 Å². The number of fused-ring (bicyclic) bond motifs is 1. The van der Waals surface area contributed by atoms with Crippen molar-refractivity contribution in [1.82, 2.24) is 0 Å². The summed E-state index contributed by atoms with van der Waals surface area (Å²) in [5.41, 5.74) is 0.847. The van der Waals surface area contributed by atoms with Gasteiger partial charge in [-0.15, -0.1) is 0 Å². The molecule has 0 saturated carbocycles. The van der Waals surface area contributed by atoms with E-state index in [1.54, 1.807) is 12.1 Å². The molecule has 0 amide bonds. The van der Waals surface area contributed by atoms with Crippen LogP contribution in [0.1, 0.15) is 11.1 Å². The molecule has 0 aliphatic carbocycles. The number of aromatic hydroxyl groups is 2. The smallest absolute Gasteiger partial charge is 0.344 e. The van der Waals surface area contributed by atoms with E-state index in [1.165, 1.54) is 24.3 Å². The van der Waals surface area contributed by atoms with Crippen molar-refractivity contribution < 1.29 is 14.6 Å². The van der Waals surface area contributed by atoms with E-state index in [0.29, 0.717) is 16.5 Å². The van der Waals surface area contributed by atoms with Gasteiger partial charge in [0.25, 0.3) is 0 Å². The number of phenols is 2. The Bertz CT molecular complexity index is 1040. The quantitative estimate of drug-likeness (QED) is 0.708. The van der Waals surface area contributed by atoms with Gasteiger partial charge in [0.2, 0.25) is 0 Å². The molecular formula is C18H11NO4. The summed E-state index contributed by atoms with van der Waals surface area (Å²) in [6, 6.07) is 10.7. The van der Waals surface area contributed by atoms with Crippen LogP contribution in [0.25, 0.3) is 28.2 Å². The first-order valence-electron chi connectivity index (χ1n) is 6.71. The zero-order chi connectivity index (χ0) is 16.6. The van der Waals surface area contributed by atoms with Gasteiger partial charge in [0.15, 0.2) is 0 Å². The molecule has 0 fully saturated rings. The number of nitrogens with zero attached hydrogens (tertiary/aromatic N) is 1. The minimum atomic E-state index is -0.663. The van der Waals surface area contributed by atoms with Crippen molar-refractivity contribution in [2.24, 2.45) is 0 Å². The first-order valence-corrected chi connectivity index (χ1v) is 6.71. The number of phenolic OH excluding ortho intramolecular Hbond substituents is 2. The second-order valence-corrected chi connectivity index (χ2v) is 4.91. The molecule has 5 heteroatoms. The van der Waals surface area contributed by atoms with Gasteiger partial charge in [-0.1, -0.05) is 12.7 Å². The predicted octanol–water partition coefficient (Wildman–Crippen LogP) is 3.39. The highest BCUT2D eigenvalue weighted by Gasteiger charge is 2.17. The highest BCUT2D eigenvalue weighted by Crippen LogP contribution is 2.35. The van der Waals surface area contributed by atoms with E-state index in [2.05, 4.69) is 6.58 Å². The lowest BCUT2D eigenvalue weighted by molar-refractivity contribution is 0.451. The fourth-order valence-electron chi connectivity index (χ4n) is 2.49. The van der Waals surface area contributed by atoms with E-state index < -0.39 is 5.63 Å². The van der Waals surface area contributed by atoms with Gasteiger partial charge < -0.3 is 14.6 Å². The first-order chi connectivity index (χ1) is 11.0. The molecule has 5 nitrogen and oxygen atoms in total. The molecule has 0 radical (unpaired) electrons. The second-order valence-electron chi connectivity index (χ2n) is 4.91. The van der Waals surface area contributed by atoms with Gasteiger partial charge >= 0.3 is 5.63 Å². The molecule has 1 aromatic heterocycles. The van der Waals surface area contributed by atoms with Crippen LogP contribution in [0.3, 0.4) is 0 Å². The highest BCUT2D eigenvalue weighted by atomic mass is 16.4. The summed E-state index contributed by atoms with van der Waals surface area (Å²) in [7, 11) is 0. The molecule has 0 saturated heterocycles. The molecule has 1 heterocycles. The van der Waals surface area contributed by atoms with Crippen molar-refractivity contribution in [3.05, 3.63) is 64.5 Å². The maximum atomic E-state index is 12.4. The van der Waals surface area contributed by atoms with Gasteiger partial charge in [0.1, 0.15) is 17.1 Å². The van der Waals surface area contributed by atoms with Gasteiger partial charge in [-0.05, 0) is 30.3 Å². The van der Waals surface area contributed by atoms with E-state index in [4.69, 9.17) is 9.68 Å². The zero-order valence-corrected chi connectivity index (χ0v) is 11.9. The van der Waals surface area contributed by atoms with E-state index in [0.717, 1.165) is 6.07 Å².